The van der Waals surface area contributed by atoms with Crippen molar-refractivity contribution in [1.29, 1.82) is 0 Å². The normalized spacial score (nSPS) is 10.4. The molecule has 1 aromatic heterocycles. The molecule has 0 saturated heterocycles. The van der Waals surface area contributed by atoms with Crippen LogP contribution in [0.25, 0.3) is 10.9 Å². The first-order valence-corrected chi connectivity index (χ1v) is 7.80. The van der Waals surface area contributed by atoms with Crippen LogP contribution in [0, 0.1) is 0 Å². The summed E-state index contributed by atoms with van der Waals surface area (Å²) in [6.07, 6.45) is 1.51. The summed E-state index contributed by atoms with van der Waals surface area (Å²) < 4.78 is 15.5. The second kappa shape index (κ2) is 7.18. The smallest absolute Gasteiger partial charge is 0.296 e. The largest absolute Gasteiger partial charge is 0.497 e. The number of aromatic amines is 1. The predicted molar refractivity (Wildman–Crippen MR) is 97.4 cm³/mol. The van der Waals surface area contributed by atoms with Gasteiger partial charge in [0.15, 0.2) is 0 Å². The number of carbonyl (C=O) groups is 2. The SMILES string of the molecule is COc1ccc(OC)c(NC(=O)C(=O)c2c[nH]c3ccc(OC)cc23)c1. The van der Waals surface area contributed by atoms with Crippen molar-refractivity contribution < 1.29 is 23.8 Å². The van der Waals surface area contributed by atoms with Crippen molar-refractivity contribution in [3.63, 3.8) is 0 Å². The molecule has 3 aromatic rings. The highest BCUT2D eigenvalue weighted by Crippen LogP contribution is 2.29. The lowest BCUT2D eigenvalue weighted by molar-refractivity contribution is -0.112. The number of nitrogens with one attached hydrogen (secondary N) is 2. The molecule has 0 bridgehead atoms. The van der Waals surface area contributed by atoms with E-state index < -0.39 is 11.7 Å². The van der Waals surface area contributed by atoms with E-state index in [1.54, 1.807) is 36.4 Å². The molecule has 0 unspecified atom stereocenters. The molecule has 0 atom stereocenters. The van der Waals surface area contributed by atoms with Crippen LogP contribution in [-0.2, 0) is 4.79 Å². The van der Waals surface area contributed by atoms with E-state index in [0.29, 0.717) is 28.3 Å². The zero-order valence-corrected chi connectivity index (χ0v) is 14.6. The van der Waals surface area contributed by atoms with Gasteiger partial charge in [0.1, 0.15) is 17.2 Å². The highest BCUT2D eigenvalue weighted by molar-refractivity contribution is 6.48. The lowest BCUT2D eigenvalue weighted by Gasteiger charge is -2.11. The van der Waals surface area contributed by atoms with Gasteiger partial charge in [-0.1, -0.05) is 0 Å². The number of hydrogen-bond donors (Lipinski definition) is 2. The van der Waals surface area contributed by atoms with Crippen molar-refractivity contribution in [3.8, 4) is 17.2 Å². The molecular formula is C19H18N2O5. The number of H-pyrrole nitrogens is 1. The van der Waals surface area contributed by atoms with Crippen molar-refractivity contribution in [3.05, 3.63) is 48.2 Å². The molecule has 1 heterocycles. The number of benzene rings is 2. The maximum absolute atomic E-state index is 12.6. The number of hydrogen-bond acceptors (Lipinski definition) is 5. The molecule has 2 N–H and O–H groups in total. The zero-order valence-electron chi connectivity index (χ0n) is 14.6. The minimum atomic E-state index is -0.778. The van der Waals surface area contributed by atoms with Gasteiger partial charge in [0.25, 0.3) is 11.7 Å². The van der Waals surface area contributed by atoms with E-state index in [-0.39, 0.29) is 5.56 Å². The second-order valence-electron chi connectivity index (χ2n) is 5.46. The molecule has 7 nitrogen and oxygen atoms in total. The first-order chi connectivity index (χ1) is 12.6. The fourth-order valence-corrected chi connectivity index (χ4v) is 2.63. The highest BCUT2D eigenvalue weighted by Gasteiger charge is 2.21. The maximum Gasteiger partial charge on any atom is 0.296 e. The second-order valence-corrected chi connectivity index (χ2v) is 5.46. The number of aromatic nitrogens is 1. The van der Waals surface area contributed by atoms with Gasteiger partial charge >= 0.3 is 0 Å². The Morgan fingerprint density at radius 3 is 2.31 bits per heavy atom. The molecular weight excluding hydrogens is 336 g/mol. The number of anilines is 1. The van der Waals surface area contributed by atoms with Crippen molar-refractivity contribution >= 4 is 28.3 Å². The first-order valence-electron chi connectivity index (χ1n) is 7.80. The topological polar surface area (TPSA) is 89.6 Å². The van der Waals surface area contributed by atoms with Crippen LogP contribution < -0.4 is 19.5 Å². The van der Waals surface area contributed by atoms with E-state index in [1.165, 1.54) is 27.5 Å². The molecule has 1 amide bonds. The summed E-state index contributed by atoms with van der Waals surface area (Å²) in [5, 5.41) is 3.19. The minimum Gasteiger partial charge on any atom is -0.497 e. The number of methoxy groups -OCH3 is 3. The van der Waals surface area contributed by atoms with Crippen molar-refractivity contribution in [2.75, 3.05) is 26.6 Å². The lowest BCUT2D eigenvalue weighted by Crippen LogP contribution is -2.23. The maximum atomic E-state index is 12.6. The van der Waals surface area contributed by atoms with Gasteiger partial charge in [-0.15, -0.1) is 0 Å². The average Bonchev–Trinajstić information content (AvgIpc) is 3.10. The zero-order chi connectivity index (χ0) is 18.7. The Hall–Kier alpha value is -3.48. The summed E-state index contributed by atoms with van der Waals surface area (Å²) in [5.74, 6) is 0.105. The van der Waals surface area contributed by atoms with E-state index in [4.69, 9.17) is 14.2 Å². The highest BCUT2D eigenvalue weighted by atomic mass is 16.5. The van der Waals surface area contributed by atoms with Gasteiger partial charge in [-0.05, 0) is 30.3 Å². The van der Waals surface area contributed by atoms with Crippen molar-refractivity contribution in [1.82, 2.24) is 4.98 Å². The summed E-state index contributed by atoms with van der Waals surface area (Å²) >= 11 is 0. The Morgan fingerprint density at radius 1 is 0.923 bits per heavy atom. The van der Waals surface area contributed by atoms with Crippen LogP contribution in [0.3, 0.4) is 0 Å². The number of ketones is 1. The fourth-order valence-electron chi connectivity index (χ4n) is 2.63. The molecule has 0 aliphatic rings. The van der Waals surface area contributed by atoms with Crippen LogP contribution in [0.1, 0.15) is 10.4 Å². The third kappa shape index (κ3) is 3.19. The predicted octanol–water partition coefficient (Wildman–Crippen LogP) is 3.02. The van der Waals surface area contributed by atoms with E-state index in [0.717, 1.165) is 5.52 Å². The molecule has 3 rings (SSSR count). The number of carbonyl (C=O) groups excluding carboxylic acids is 2. The molecule has 0 fully saturated rings. The molecule has 0 radical (unpaired) electrons. The van der Waals surface area contributed by atoms with Gasteiger partial charge in [-0.3, -0.25) is 9.59 Å². The number of rotatable bonds is 6. The van der Waals surface area contributed by atoms with Crippen molar-refractivity contribution in [2.24, 2.45) is 0 Å². The Balaban J connectivity index is 1.90. The lowest BCUT2D eigenvalue weighted by atomic mass is 10.1. The Bertz CT molecular complexity index is 977. The summed E-state index contributed by atoms with van der Waals surface area (Å²) in [5.41, 5.74) is 1.35. The Morgan fingerprint density at radius 2 is 1.62 bits per heavy atom. The van der Waals surface area contributed by atoms with Gasteiger partial charge in [0.05, 0.1) is 32.6 Å². The fraction of sp³-hybridized carbons (Fsp3) is 0.158. The van der Waals surface area contributed by atoms with Crippen LogP contribution in [0.5, 0.6) is 17.2 Å². The van der Waals surface area contributed by atoms with E-state index in [1.807, 2.05) is 0 Å². The Kier molecular flexibility index (Phi) is 4.79. The van der Waals surface area contributed by atoms with Crippen molar-refractivity contribution in [2.45, 2.75) is 0 Å². The average molecular weight is 354 g/mol. The third-order valence-electron chi connectivity index (χ3n) is 3.99. The van der Waals surface area contributed by atoms with Crippen LogP contribution >= 0.6 is 0 Å². The molecule has 0 spiro atoms. The van der Waals surface area contributed by atoms with Crippen LogP contribution in [0.15, 0.2) is 42.6 Å². The number of fused-ring (bicyclic) bond motifs is 1. The first kappa shape index (κ1) is 17.3. The molecule has 26 heavy (non-hydrogen) atoms. The van der Waals surface area contributed by atoms with E-state index in [2.05, 4.69) is 10.3 Å². The van der Waals surface area contributed by atoms with Gasteiger partial charge in [0, 0.05) is 23.2 Å². The monoisotopic (exact) mass is 354 g/mol. The third-order valence-corrected chi connectivity index (χ3v) is 3.99. The van der Waals surface area contributed by atoms with Crippen LogP contribution in [0.2, 0.25) is 0 Å². The molecule has 134 valence electrons. The van der Waals surface area contributed by atoms with Crippen LogP contribution in [-0.4, -0.2) is 38.0 Å². The summed E-state index contributed by atoms with van der Waals surface area (Å²) in [7, 11) is 4.53. The summed E-state index contributed by atoms with van der Waals surface area (Å²) in [6, 6.07) is 10.2. The van der Waals surface area contributed by atoms with Gasteiger partial charge in [-0.2, -0.15) is 0 Å². The molecule has 7 heteroatoms. The Labute approximate surface area is 149 Å². The summed E-state index contributed by atoms with van der Waals surface area (Å²) in [4.78, 5) is 28.1. The molecule has 2 aromatic carbocycles. The molecule has 0 aliphatic heterocycles. The minimum absolute atomic E-state index is 0.262. The summed E-state index contributed by atoms with van der Waals surface area (Å²) in [6.45, 7) is 0. The number of amides is 1. The molecule has 0 aliphatic carbocycles. The van der Waals surface area contributed by atoms with Gasteiger partial charge in [-0.25, -0.2) is 0 Å². The van der Waals surface area contributed by atoms with E-state index in [9.17, 15) is 9.59 Å². The number of Topliss-reactive ketones (excluding diaryl/α,β-unsaturated/α-hetero) is 1. The quantitative estimate of drug-likeness (QED) is 0.525. The van der Waals surface area contributed by atoms with Gasteiger partial charge < -0.3 is 24.5 Å². The standard InChI is InChI=1S/C19H18N2O5/c1-24-11-4-6-15-13(8-11)14(10-20-15)18(22)19(23)21-16-9-12(25-2)5-7-17(16)26-3/h4-10,20H,1-3H3,(H,21,23). The number of ether oxygens (including phenoxy) is 3. The van der Waals surface area contributed by atoms with Gasteiger partial charge in [0.2, 0.25) is 0 Å². The van der Waals surface area contributed by atoms with Crippen LogP contribution in [0.4, 0.5) is 5.69 Å². The van der Waals surface area contributed by atoms with E-state index >= 15 is 0 Å². The molecule has 0 saturated carbocycles.